The molecule has 2 saturated heterocycles. The maximum absolute atomic E-state index is 4.72. The molecular weight excluding hydrogens is 250 g/mol. The Morgan fingerprint density at radius 3 is 2.90 bits per heavy atom. The summed E-state index contributed by atoms with van der Waals surface area (Å²) in [4.78, 5) is 14.1. The number of aryl methyl sites for hydroxylation is 1. The summed E-state index contributed by atoms with van der Waals surface area (Å²) in [6, 6.07) is 1.44. The zero-order valence-corrected chi connectivity index (χ0v) is 12.8. The summed E-state index contributed by atoms with van der Waals surface area (Å²) in [5.41, 5.74) is 1.17. The van der Waals surface area contributed by atoms with Crippen molar-refractivity contribution < 1.29 is 0 Å². The second kappa shape index (κ2) is 5.56. The van der Waals surface area contributed by atoms with Crippen LogP contribution < -0.4 is 10.2 Å². The van der Waals surface area contributed by atoms with Crippen LogP contribution in [0, 0.1) is 6.92 Å². The largest absolute Gasteiger partial charge is 0.355 e. The van der Waals surface area contributed by atoms with Gasteiger partial charge in [0, 0.05) is 43.5 Å². The van der Waals surface area contributed by atoms with E-state index in [0.29, 0.717) is 6.04 Å². The van der Waals surface area contributed by atoms with Crippen LogP contribution in [-0.2, 0) is 0 Å². The quantitative estimate of drug-likeness (QED) is 0.912. The highest BCUT2D eigenvalue weighted by Crippen LogP contribution is 2.31. The molecule has 1 aromatic rings. The Morgan fingerprint density at radius 2 is 2.10 bits per heavy atom. The smallest absolute Gasteiger partial charge is 0.224 e. The van der Waals surface area contributed by atoms with Crippen molar-refractivity contribution in [2.75, 3.05) is 36.9 Å². The molecule has 3 rings (SSSR count). The topological polar surface area (TPSA) is 44.3 Å². The van der Waals surface area contributed by atoms with Crippen LogP contribution in [0.25, 0.3) is 0 Å². The molecule has 110 valence electrons. The molecule has 5 heteroatoms. The average Bonchev–Trinajstić information content (AvgIpc) is 2.67. The Bertz CT molecular complexity index is 475. The first-order chi connectivity index (χ1) is 9.69. The predicted octanol–water partition coefficient (Wildman–Crippen LogP) is 1.89. The normalized spacial score (nSPS) is 26.6. The van der Waals surface area contributed by atoms with Crippen LogP contribution in [0.4, 0.5) is 11.8 Å². The molecule has 0 aromatic carbocycles. The number of rotatable bonds is 3. The van der Waals surface area contributed by atoms with Gasteiger partial charge in [-0.05, 0) is 40.2 Å². The summed E-state index contributed by atoms with van der Waals surface area (Å²) in [5.74, 6) is 1.85. The van der Waals surface area contributed by atoms with Gasteiger partial charge in [0.05, 0.1) is 0 Å². The first-order valence-corrected chi connectivity index (χ1v) is 7.73. The molecule has 0 spiro atoms. The summed E-state index contributed by atoms with van der Waals surface area (Å²) < 4.78 is 0. The summed E-state index contributed by atoms with van der Waals surface area (Å²) >= 11 is 0. The van der Waals surface area contributed by atoms with Gasteiger partial charge in [0.1, 0.15) is 5.82 Å². The second-order valence-corrected chi connectivity index (χ2v) is 6.02. The number of fused-ring (bicyclic) bond motifs is 2. The SMILES string of the molecule is CCNc1ncc(C)c(N2CCC3CCC(C2)N3C)n1. The molecule has 2 aliphatic heterocycles. The van der Waals surface area contributed by atoms with Crippen LogP contribution in [0.15, 0.2) is 6.20 Å². The number of nitrogens with one attached hydrogen (secondary N) is 1. The minimum Gasteiger partial charge on any atom is -0.355 e. The van der Waals surface area contributed by atoms with Gasteiger partial charge in [-0.2, -0.15) is 4.98 Å². The van der Waals surface area contributed by atoms with E-state index in [-0.39, 0.29) is 0 Å². The van der Waals surface area contributed by atoms with Gasteiger partial charge in [-0.1, -0.05) is 0 Å². The van der Waals surface area contributed by atoms with Gasteiger partial charge in [-0.3, -0.25) is 4.90 Å². The van der Waals surface area contributed by atoms with Crippen LogP contribution in [0.3, 0.4) is 0 Å². The summed E-state index contributed by atoms with van der Waals surface area (Å²) in [7, 11) is 2.28. The van der Waals surface area contributed by atoms with E-state index in [1.807, 2.05) is 6.20 Å². The fraction of sp³-hybridized carbons (Fsp3) is 0.733. The Morgan fingerprint density at radius 1 is 1.30 bits per heavy atom. The first kappa shape index (κ1) is 13.6. The zero-order chi connectivity index (χ0) is 14.1. The Kier molecular flexibility index (Phi) is 3.78. The van der Waals surface area contributed by atoms with Crippen molar-refractivity contribution in [3.05, 3.63) is 11.8 Å². The van der Waals surface area contributed by atoms with E-state index in [9.17, 15) is 0 Å². The molecule has 0 saturated carbocycles. The van der Waals surface area contributed by atoms with E-state index in [0.717, 1.165) is 37.4 Å². The number of anilines is 2. The molecule has 0 aliphatic carbocycles. The van der Waals surface area contributed by atoms with Gasteiger partial charge in [0.25, 0.3) is 0 Å². The molecule has 0 amide bonds. The highest BCUT2D eigenvalue weighted by Gasteiger charge is 2.35. The molecular formula is C15H25N5. The van der Waals surface area contributed by atoms with Crippen molar-refractivity contribution >= 4 is 11.8 Å². The molecule has 20 heavy (non-hydrogen) atoms. The summed E-state index contributed by atoms with van der Waals surface area (Å²) in [6.45, 7) is 7.24. The van der Waals surface area contributed by atoms with E-state index in [1.54, 1.807) is 0 Å². The Hall–Kier alpha value is -1.36. The van der Waals surface area contributed by atoms with E-state index < -0.39 is 0 Å². The second-order valence-electron chi connectivity index (χ2n) is 6.02. The van der Waals surface area contributed by atoms with Crippen molar-refractivity contribution in [1.82, 2.24) is 14.9 Å². The Balaban J connectivity index is 1.83. The predicted molar refractivity (Wildman–Crippen MR) is 82.3 cm³/mol. The third-order valence-corrected chi connectivity index (χ3v) is 4.73. The van der Waals surface area contributed by atoms with Crippen molar-refractivity contribution in [3.8, 4) is 0 Å². The zero-order valence-electron chi connectivity index (χ0n) is 12.8. The molecule has 2 bridgehead atoms. The summed E-state index contributed by atoms with van der Waals surface area (Å²) in [6.07, 6.45) is 5.86. The molecule has 5 nitrogen and oxygen atoms in total. The van der Waals surface area contributed by atoms with Crippen molar-refractivity contribution in [2.24, 2.45) is 0 Å². The minimum atomic E-state index is 0.680. The maximum atomic E-state index is 4.72. The molecule has 1 aromatic heterocycles. The van der Waals surface area contributed by atoms with E-state index in [2.05, 4.69) is 41.0 Å². The number of likely N-dealkylation sites (N-methyl/N-ethyl adjacent to an activating group) is 1. The fourth-order valence-electron chi connectivity index (χ4n) is 3.50. The van der Waals surface area contributed by atoms with E-state index in [4.69, 9.17) is 4.98 Å². The lowest BCUT2D eigenvalue weighted by Crippen LogP contribution is -2.37. The highest BCUT2D eigenvalue weighted by molar-refractivity contribution is 5.49. The summed E-state index contributed by atoms with van der Waals surface area (Å²) in [5, 5.41) is 3.21. The number of hydrogen-bond donors (Lipinski definition) is 1. The van der Waals surface area contributed by atoms with Crippen LogP contribution in [0.2, 0.25) is 0 Å². The van der Waals surface area contributed by atoms with Crippen LogP contribution >= 0.6 is 0 Å². The van der Waals surface area contributed by atoms with Gasteiger partial charge in [-0.15, -0.1) is 0 Å². The molecule has 3 heterocycles. The molecule has 0 radical (unpaired) electrons. The van der Waals surface area contributed by atoms with E-state index in [1.165, 1.54) is 24.8 Å². The molecule has 2 unspecified atom stereocenters. The van der Waals surface area contributed by atoms with E-state index >= 15 is 0 Å². The van der Waals surface area contributed by atoms with Crippen molar-refractivity contribution in [2.45, 2.75) is 45.2 Å². The third-order valence-electron chi connectivity index (χ3n) is 4.73. The highest BCUT2D eigenvalue weighted by atomic mass is 15.3. The van der Waals surface area contributed by atoms with Gasteiger partial charge in [0.2, 0.25) is 5.95 Å². The molecule has 2 aliphatic rings. The van der Waals surface area contributed by atoms with Crippen molar-refractivity contribution in [1.29, 1.82) is 0 Å². The van der Waals surface area contributed by atoms with Crippen LogP contribution in [0.5, 0.6) is 0 Å². The van der Waals surface area contributed by atoms with Crippen LogP contribution in [-0.4, -0.2) is 53.6 Å². The standard InChI is InChI=1S/C15H25N5/c1-4-16-15-17-9-11(2)14(18-15)20-8-7-12-5-6-13(10-20)19(12)3/h9,12-13H,4-8,10H2,1-3H3,(H,16,17,18). The average molecular weight is 275 g/mol. The third kappa shape index (κ3) is 2.46. The first-order valence-electron chi connectivity index (χ1n) is 7.73. The minimum absolute atomic E-state index is 0.680. The molecule has 2 atom stereocenters. The lowest BCUT2D eigenvalue weighted by Gasteiger charge is -2.27. The number of nitrogens with zero attached hydrogens (tertiary/aromatic N) is 4. The lowest BCUT2D eigenvalue weighted by atomic mass is 10.1. The Labute approximate surface area is 121 Å². The fourth-order valence-corrected chi connectivity index (χ4v) is 3.50. The van der Waals surface area contributed by atoms with Crippen molar-refractivity contribution in [3.63, 3.8) is 0 Å². The lowest BCUT2D eigenvalue weighted by molar-refractivity contribution is 0.254. The molecule has 2 fully saturated rings. The number of hydrogen-bond acceptors (Lipinski definition) is 5. The van der Waals surface area contributed by atoms with Crippen LogP contribution in [0.1, 0.15) is 31.7 Å². The molecule has 1 N–H and O–H groups in total. The van der Waals surface area contributed by atoms with Gasteiger partial charge < -0.3 is 10.2 Å². The monoisotopic (exact) mass is 275 g/mol. The van der Waals surface area contributed by atoms with Gasteiger partial charge in [0.15, 0.2) is 0 Å². The van der Waals surface area contributed by atoms with Gasteiger partial charge in [-0.25, -0.2) is 4.98 Å². The number of aromatic nitrogens is 2. The van der Waals surface area contributed by atoms with Gasteiger partial charge >= 0.3 is 0 Å². The maximum Gasteiger partial charge on any atom is 0.224 e.